The topological polar surface area (TPSA) is 43.4 Å². The lowest BCUT2D eigenvalue weighted by atomic mass is 9.30. The monoisotopic (exact) mass is 470 g/mol. The minimum absolute atomic E-state index is 0.000340. The minimum atomic E-state index is -0.342. The summed E-state index contributed by atoms with van der Waals surface area (Å²) in [6.45, 7) is 17.3. The van der Waals surface area contributed by atoms with Gasteiger partial charge in [0.1, 0.15) is 5.78 Å². The predicted molar refractivity (Wildman–Crippen MR) is 136 cm³/mol. The van der Waals surface area contributed by atoms with Crippen molar-refractivity contribution in [2.24, 2.45) is 56.2 Å². The first-order valence-electron chi connectivity index (χ1n) is 14.3. The number of Topliss-reactive ketones (excluding diaryl/α,β-unsaturated/α-hetero) is 1. The van der Waals surface area contributed by atoms with E-state index in [2.05, 4.69) is 48.5 Å². The third-order valence-corrected chi connectivity index (χ3v) is 14.2. The Balaban J connectivity index is 1.53. The highest BCUT2D eigenvalue weighted by Gasteiger charge is 2.71. The van der Waals surface area contributed by atoms with Crippen LogP contribution in [0.4, 0.5) is 0 Å². The number of ether oxygens (including phenoxy) is 1. The van der Waals surface area contributed by atoms with E-state index in [4.69, 9.17) is 4.74 Å². The first-order valence-corrected chi connectivity index (χ1v) is 14.3. The van der Waals surface area contributed by atoms with Gasteiger partial charge in [0, 0.05) is 12.3 Å². The van der Waals surface area contributed by atoms with Crippen LogP contribution in [0, 0.1) is 56.2 Å². The highest BCUT2D eigenvalue weighted by molar-refractivity contribution is 5.82. The second kappa shape index (κ2) is 7.34. The third-order valence-electron chi connectivity index (χ3n) is 14.2. The Hall–Kier alpha value is -0.860. The summed E-state index contributed by atoms with van der Waals surface area (Å²) in [6.07, 6.45) is 12.6. The highest BCUT2D eigenvalue weighted by Crippen LogP contribution is 2.78. The largest absolute Gasteiger partial charge is 0.469 e. The fourth-order valence-corrected chi connectivity index (χ4v) is 11.4. The lowest BCUT2D eigenvalue weighted by Crippen LogP contribution is -2.68. The maximum atomic E-state index is 12.9. The highest BCUT2D eigenvalue weighted by atomic mass is 16.5. The van der Waals surface area contributed by atoms with Crippen molar-refractivity contribution in [1.82, 2.24) is 0 Å². The fourth-order valence-electron chi connectivity index (χ4n) is 11.4. The van der Waals surface area contributed by atoms with Gasteiger partial charge in [0.2, 0.25) is 0 Å². The maximum absolute atomic E-state index is 12.9. The van der Waals surface area contributed by atoms with Crippen LogP contribution in [0.3, 0.4) is 0 Å². The zero-order chi connectivity index (χ0) is 24.9. The molecule has 10 atom stereocenters. The van der Waals surface area contributed by atoms with E-state index in [9.17, 15) is 9.59 Å². The molecule has 0 saturated heterocycles. The summed E-state index contributed by atoms with van der Waals surface area (Å²) in [5.74, 6) is 2.66. The second-order valence-corrected chi connectivity index (χ2v) is 15.2. The van der Waals surface area contributed by atoms with E-state index in [0.717, 1.165) is 32.1 Å². The van der Waals surface area contributed by atoms with Crippen LogP contribution < -0.4 is 0 Å². The average molecular weight is 471 g/mol. The molecule has 0 aliphatic heterocycles. The maximum Gasteiger partial charge on any atom is 0.311 e. The van der Waals surface area contributed by atoms with Crippen molar-refractivity contribution >= 4 is 11.8 Å². The lowest BCUT2D eigenvalue weighted by molar-refractivity contribution is -0.257. The number of ketones is 1. The molecule has 0 heterocycles. The van der Waals surface area contributed by atoms with Crippen LogP contribution in [-0.4, -0.2) is 18.9 Å². The Bertz CT molecular complexity index is 895. The Morgan fingerprint density at radius 2 is 1.38 bits per heavy atom. The first kappa shape index (κ1) is 24.8. The van der Waals surface area contributed by atoms with E-state index in [-0.39, 0.29) is 28.1 Å². The third kappa shape index (κ3) is 2.88. The van der Waals surface area contributed by atoms with E-state index in [0.29, 0.717) is 39.8 Å². The molecule has 0 amide bonds. The summed E-state index contributed by atoms with van der Waals surface area (Å²) in [5, 5.41) is 0. The van der Waals surface area contributed by atoms with Crippen LogP contribution in [0.15, 0.2) is 0 Å². The summed E-state index contributed by atoms with van der Waals surface area (Å²) in [6, 6.07) is 0. The number of hydrogen-bond donors (Lipinski definition) is 0. The Labute approximate surface area is 208 Å². The van der Waals surface area contributed by atoms with Gasteiger partial charge in [-0.1, -0.05) is 41.5 Å². The molecule has 0 aromatic rings. The van der Waals surface area contributed by atoms with Crippen LogP contribution in [0.25, 0.3) is 0 Å². The summed E-state index contributed by atoms with van der Waals surface area (Å²) in [7, 11) is 1.56. The quantitative estimate of drug-likeness (QED) is 0.370. The van der Waals surface area contributed by atoms with Gasteiger partial charge in [-0.25, -0.2) is 0 Å². The molecule has 0 aromatic carbocycles. The molecular formula is C31H50O3. The molecule has 0 aromatic heterocycles. The number of carbonyl (C=O) groups excluding carboxylic acids is 2. The molecule has 5 aliphatic rings. The van der Waals surface area contributed by atoms with Gasteiger partial charge in [-0.15, -0.1) is 0 Å². The molecule has 3 heteroatoms. The van der Waals surface area contributed by atoms with Gasteiger partial charge in [0.05, 0.1) is 12.5 Å². The zero-order valence-electron chi connectivity index (χ0n) is 23.3. The zero-order valence-corrected chi connectivity index (χ0v) is 23.3. The Morgan fingerprint density at radius 1 is 0.765 bits per heavy atom. The van der Waals surface area contributed by atoms with Crippen molar-refractivity contribution in [3.05, 3.63) is 0 Å². The molecule has 0 bridgehead atoms. The van der Waals surface area contributed by atoms with Crippen molar-refractivity contribution < 1.29 is 14.3 Å². The van der Waals surface area contributed by atoms with Crippen LogP contribution in [-0.2, 0) is 14.3 Å². The van der Waals surface area contributed by atoms with Gasteiger partial charge in [-0.05, 0) is 116 Å². The molecule has 3 nitrogen and oxygen atoms in total. The number of rotatable bonds is 1. The van der Waals surface area contributed by atoms with Crippen molar-refractivity contribution in [2.45, 2.75) is 119 Å². The molecule has 5 saturated carbocycles. The molecule has 34 heavy (non-hydrogen) atoms. The molecule has 5 fully saturated rings. The summed E-state index contributed by atoms with van der Waals surface area (Å²) in [4.78, 5) is 25.6. The molecule has 10 unspecified atom stereocenters. The molecule has 0 spiro atoms. The number of hydrogen-bond acceptors (Lipinski definition) is 3. The fraction of sp³-hybridized carbons (Fsp3) is 0.935. The first-order chi connectivity index (χ1) is 15.7. The van der Waals surface area contributed by atoms with Crippen LogP contribution in [0.1, 0.15) is 119 Å². The van der Waals surface area contributed by atoms with Gasteiger partial charge < -0.3 is 4.74 Å². The van der Waals surface area contributed by atoms with E-state index >= 15 is 0 Å². The van der Waals surface area contributed by atoms with Gasteiger partial charge in [0.15, 0.2) is 0 Å². The SMILES string of the molecule is COC(=O)C1(C)CCC2(C)CCC3(C)C4CCC5(C)C(C)C(=O)CCC5C4(C)CCC3(C)C2C1. The van der Waals surface area contributed by atoms with Crippen molar-refractivity contribution in [1.29, 1.82) is 0 Å². The van der Waals surface area contributed by atoms with Crippen LogP contribution >= 0.6 is 0 Å². The van der Waals surface area contributed by atoms with Crippen LogP contribution in [0.2, 0.25) is 0 Å². The number of esters is 1. The standard InChI is InChI=1S/C31H50O3/c1-20-21(32)9-10-22-28(20,4)12-11-23-29(22,5)16-18-31(7)24-19-27(3,25(33)34-8)14-13-26(24,2)15-17-30(23,31)6/h20,22-24H,9-19H2,1-8H3. The van der Waals surface area contributed by atoms with E-state index in [1.54, 1.807) is 7.11 Å². The van der Waals surface area contributed by atoms with E-state index < -0.39 is 0 Å². The van der Waals surface area contributed by atoms with Crippen molar-refractivity contribution in [2.75, 3.05) is 7.11 Å². The molecule has 192 valence electrons. The summed E-state index contributed by atoms with van der Waals surface area (Å²) < 4.78 is 5.32. The summed E-state index contributed by atoms with van der Waals surface area (Å²) in [5.41, 5.74) is 1.04. The second-order valence-electron chi connectivity index (χ2n) is 15.2. The van der Waals surface area contributed by atoms with Gasteiger partial charge in [0.25, 0.3) is 0 Å². The molecule has 0 N–H and O–H groups in total. The lowest BCUT2D eigenvalue weighted by Gasteiger charge is -2.74. The van der Waals surface area contributed by atoms with Gasteiger partial charge >= 0.3 is 5.97 Å². The average Bonchev–Trinajstić information content (AvgIpc) is 2.79. The molecule has 5 aliphatic carbocycles. The normalized spacial score (nSPS) is 57.0. The van der Waals surface area contributed by atoms with Crippen molar-refractivity contribution in [3.8, 4) is 0 Å². The van der Waals surface area contributed by atoms with Crippen LogP contribution in [0.5, 0.6) is 0 Å². The molecule has 0 radical (unpaired) electrons. The smallest absolute Gasteiger partial charge is 0.311 e. The summed E-state index contributed by atoms with van der Waals surface area (Å²) >= 11 is 0. The number of carbonyl (C=O) groups is 2. The Kier molecular flexibility index (Phi) is 5.36. The number of fused-ring (bicyclic) bond motifs is 7. The van der Waals surface area contributed by atoms with Crippen molar-refractivity contribution in [3.63, 3.8) is 0 Å². The molecular weight excluding hydrogens is 420 g/mol. The van der Waals surface area contributed by atoms with Gasteiger partial charge in [-0.2, -0.15) is 0 Å². The predicted octanol–water partition coefficient (Wildman–Crippen LogP) is 7.61. The van der Waals surface area contributed by atoms with Gasteiger partial charge in [-0.3, -0.25) is 9.59 Å². The Morgan fingerprint density at radius 3 is 2.06 bits per heavy atom. The number of methoxy groups -OCH3 is 1. The van der Waals surface area contributed by atoms with E-state index in [1.807, 2.05) is 0 Å². The van der Waals surface area contributed by atoms with E-state index in [1.165, 1.54) is 38.5 Å². The molecule has 5 rings (SSSR count). The minimum Gasteiger partial charge on any atom is -0.469 e.